The molecule has 0 spiro atoms. The predicted octanol–water partition coefficient (Wildman–Crippen LogP) is 5.04. The van der Waals surface area contributed by atoms with Crippen molar-refractivity contribution in [3.05, 3.63) is 108 Å². The van der Waals surface area contributed by atoms with E-state index in [-0.39, 0.29) is 29.9 Å². The van der Waals surface area contributed by atoms with Crippen LogP contribution in [0.2, 0.25) is 0 Å². The normalized spacial score (nSPS) is 20.2. The van der Waals surface area contributed by atoms with Crippen LogP contribution in [0.25, 0.3) is 0 Å². The van der Waals surface area contributed by atoms with Crippen LogP contribution < -0.4 is 0 Å². The summed E-state index contributed by atoms with van der Waals surface area (Å²) in [6, 6.07) is 28.4. The molecule has 3 aromatic rings. The summed E-state index contributed by atoms with van der Waals surface area (Å²) in [6.07, 6.45) is 0.225. The molecule has 0 amide bonds. The lowest BCUT2D eigenvalue weighted by Crippen LogP contribution is -2.50. The van der Waals surface area contributed by atoms with Gasteiger partial charge in [-0.25, -0.2) is 0 Å². The Labute approximate surface area is 206 Å². The van der Waals surface area contributed by atoms with E-state index >= 15 is 0 Å². The highest BCUT2D eigenvalue weighted by molar-refractivity contribution is 6.02. The standard InChI is InChI=1S/C30H31NO4/c1-2-35-27(32)18-19-31-20-25(29(33)23-14-8-4-9-15-23)28(22-12-6-3-7-13-22)26(21-31)30(34)24-16-10-5-11-17-24/h3-17,25-26,28H,2,18-21H2,1H3/t25-,26+,28-. The van der Waals surface area contributed by atoms with E-state index in [4.69, 9.17) is 4.74 Å². The molecule has 180 valence electrons. The summed E-state index contributed by atoms with van der Waals surface area (Å²) in [4.78, 5) is 41.8. The molecule has 1 fully saturated rings. The number of hydrogen-bond acceptors (Lipinski definition) is 5. The van der Waals surface area contributed by atoms with E-state index in [1.54, 1.807) is 6.92 Å². The molecule has 0 bridgehead atoms. The third kappa shape index (κ3) is 5.92. The number of hydrogen-bond donors (Lipinski definition) is 0. The molecule has 0 aliphatic carbocycles. The van der Waals surface area contributed by atoms with Crippen LogP contribution in [0.5, 0.6) is 0 Å². The van der Waals surface area contributed by atoms with Crippen molar-refractivity contribution in [1.82, 2.24) is 4.90 Å². The largest absolute Gasteiger partial charge is 0.466 e. The van der Waals surface area contributed by atoms with Crippen molar-refractivity contribution in [2.45, 2.75) is 19.3 Å². The van der Waals surface area contributed by atoms with Crippen LogP contribution in [0.4, 0.5) is 0 Å². The van der Waals surface area contributed by atoms with Gasteiger partial charge in [0, 0.05) is 48.5 Å². The maximum atomic E-state index is 13.8. The summed E-state index contributed by atoms with van der Waals surface area (Å²) >= 11 is 0. The zero-order chi connectivity index (χ0) is 24.6. The van der Waals surface area contributed by atoms with Gasteiger partial charge in [0.15, 0.2) is 11.6 Å². The minimum absolute atomic E-state index is 0.0196. The number of benzene rings is 3. The number of ketones is 2. The van der Waals surface area contributed by atoms with Crippen molar-refractivity contribution in [1.29, 1.82) is 0 Å². The molecule has 1 aliphatic rings. The second-order valence-corrected chi connectivity index (χ2v) is 8.92. The molecule has 1 aliphatic heterocycles. The molecule has 5 heteroatoms. The third-order valence-corrected chi connectivity index (χ3v) is 6.69. The Bertz CT molecular complexity index is 1070. The molecule has 1 heterocycles. The van der Waals surface area contributed by atoms with Gasteiger partial charge in [-0.3, -0.25) is 14.4 Å². The van der Waals surface area contributed by atoms with Gasteiger partial charge in [0.2, 0.25) is 0 Å². The molecule has 3 aromatic carbocycles. The molecular weight excluding hydrogens is 438 g/mol. The van der Waals surface area contributed by atoms with E-state index in [0.717, 1.165) is 5.56 Å². The summed E-state index contributed by atoms with van der Waals surface area (Å²) in [7, 11) is 0. The number of nitrogens with zero attached hydrogens (tertiary/aromatic N) is 1. The van der Waals surface area contributed by atoms with Gasteiger partial charge in [0.05, 0.1) is 13.0 Å². The summed E-state index contributed by atoms with van der Waals surface area (Å²) in [6.45, 7) is 3.51. The lowest BCUT2D eigenvalue weighted by atomic mass is 9.68. The smallest absolute Gasteiger partial charge is 0.307 e. The van der Waals surface area contributed by atoms with Crippen LogP contribution in [0.3, 0.4) is 0 Å². The Hall–Kier alpha value is -3.57. The average Bonchev–Trinajstić information content (AvgIpc) is 2.92. The summed E-state index contributed by atoms with van der Waals surface area (Å²) in [5, 5.41) is 0. The number of likely N-dealkylation sites (tertiary alicyclic amines) is 1. The molecule has 0 unspecified atom stereocenters. The number of rotatable bonds is 9. The molecule has 0 saturated carbocycles. The lowest BCUT2D eigenvalue weighted by Gasteiger charge is -2.43. The van der Waals surface area contributed by atoms with Crippen LogP contribution in [-0.4, -0.2) is 48.7 Å². The first kappa shape index (κ1) is 24.6. The second-order valence-electron chi connectivity index (χ2n) is 8.92. The van der Waals surface area contributed by atoms with E-state index in [9.17, 15) is 14.4 Å². The third-order valence-electron chi connectivity index (χ3n) is 6.69. The monoisotopic (exact) mass is 469 g/mol. The quantitative estimate of drug-likeness (QED) is 0.325. The first-order valence-electron chi connectivity index (χ1n) is 12.2. The summed E-state index contributed by atoms with van der Waals surface area (Å²) in [5.41, 5.74) is 2.26. The van der Waals surface area contributed by atoms with Gasteiger partial charge in [-0.2, -0.15) is 0 Å². The van der Waals surface area contributed by atoms with Crippen molar-refractivity contribution in [3.8, 4) is 0 Å². The van der Waals surface area contributed by atoms with Crippen LogP contribution >= 0.6 is 0 Å². The number of carbonyl (C=O) groups excluding carboxylic acids is 3. The van der Waals surface area contributed by atoms with E-state index in [0.29, 0.717) is 37.4 Å². The van der Waals surface area contributed by atoms with Gasteiger partial charge in [0.25, 0.3) is 0 Å². The van der Waals surface area contributed by atoms with Gasteiger partial charge < -0.3 is 9.64 Å². The molecule has 0 N–H and O–H groups in total. The van der Waals surface area contributed by atoms with E-state index in [2.05, 4.69) is 4.90 Å². The lowest BCUT2D eigenvalue weighted by molar-refractivity contribution is -0.143. The molecule has 5 nitrogen and oxygen atoms in total. The molecule has 3 atom stereocenters. The highest BCUT2D eigenvalue weighted by Crippen LogP contribution is 2.40. The molecule has 0 aromatic heterocycles. The van der Waals surface area contributed by atoms with Gasteiger partial charge >= 0.3 is 5.97 Å². The van der Waals surface area contributed by atoms with E-state index < -0.39 is 11.8 Å². The zero-order valence-corrected chi connectivity index (χ0v) is 20.0. The topological polar surface area (TPSA) is 63.7 Å². The Balaban J connectivity index is 1.73. The van der Waals surface area contributed by atoms with Crippen molar-refractivity contribution in [2.75, 3.05) is 26.2 Å². The fraction of sp³-hybridized carbons (Fsp3) is 0.300. The molecule has 4 rings (SSSR count). The molecule has 35 heavy (non-hydrogen) atoms. The summed E-state index contributed by atoms with van der Waals surface area (Å²) < 4.78 is 5.11. The average molecular weight is 470 g/mol. The van der Waals surface area contributed by atoms with Crippen LogP contribution in [0, 0.1) is 11.8 Å². The van der Waals surface area contributed by atoms with Crippen molar-refractivity contribution in [3.63, 3.8) is 0 Å². The number of Topliss-reactive ketones (excluding diaryl/α,β-unsaturated/α-hetero) is 2. The maximum Gasteiger partial charge on any atom is 0.307 e. The van der Waals surface area contributed by atoms with Gasteiger partial charge in [-0.1, -0.05) is 91.0 Å². The van der Waals surface area contributed by atoms with Crippen LogP contribution in [-0.2, 0) is 9.53 Å². The van der Waals surface area contributed by atoms with Gasteiger partial charge in [-0.05, 0) is 12.5 Å². The fourth-order valence-corrected chi connectivity index (χ4v) is 5.07. The summed E-state index contributed by atoms with van der Waals surface area (Å²) in [5.74, 6) is -1.34. The first-order valence-corrected chi connectivity index (χ1v) is 12.2. The Morgan fingerprint density at radius 1 is 0.743 bits per heavy atom. The number of carbonyl (C=O) groups is 3. The number of ether oxygens (including phenoxy) is 1. The highest BCUT2D eigenvalue weighted by atomic mass is 16.5. The second kappa shape index (κ2) is 11.7. The van der Waals surface area contributed by atoms with Crippen molar-refractivity contribution >= 4 is 17.5 Å². The van der Waals surface area contributed by atoms with Crippen molar-refractivity contribution in [2.24, 2.45) is 11.8 Å². The number of esters is 1. The Kier molecular flexibility index (Phi) is 8.22. The Morgan fingerprint density at radius 3 is 1.66 bits per heavy atom. The van der Waals surface area contributed by atoms with E-state index in [1.165, 1.54) is 0 Å². The van der Waals surface area contributed by atoms with Gasteiger partial charge in [-0.15, -0.1) is 0 Å². The highest BCUT2D eigenvalue weighted by Gasteiger charge is 2.44. The molecular formula is C30H31NO4. The SMILES string of the molecule is CCOC(=O)CCN1C[C@H](C(=O)c2ccccc2)[C@H](c2ccccc2)[C@H](C(=O)c2ccccc2)C1. The van der Waals surface area contributed by atoms with Gasteiger partial charge in [0.1, 0.15) is 0 Å². The van der Waals surface area contributed by atoms with E-state index in [1.807, 2.05) is 91.0 Å². The zero-order valence-electron chi connectivity index (χ0n) is 20.0. The number of piperidine rings is 1. The molecule has 1 saturated heterocycles. The van der Waals surface area contributed by atoms with Crippen LogP contribution in [0.1, 0.15) is 45.5 Å². The predicted molar refractivity (Wildman–Crippen MR) is 135 cm³/mol. The maximum absolute atomic E-state index is 13.8. The fourth-order valence-electron chi connectivity index (χ4n) is 5.07. The van der Waals surface area contributed by atoms with Crippen molar-refractivity contribution < 1.29 is 19.1 Å². The molecule has 0 radical (unpaired) electrons. The minimum Gasteiger partial charge on any atom is -0.466 e. The van der Waals surface area contributed by atoms with Crippen LogP contribution in [0.15, 0.2) is 91.0 Å². The minimum atomic E-state index is -0.423. The first-order chi connectivity index (χ1) is 17.1. The Morgan fingerprint density at radius 2 is 1.20 bits per heavy atom.